The van der Waals surface area contributed by atoms with Crippen LogP contribution in [0.5, 0.6) is 0 Å². The molecule has 1 fully saturated rings. The molecule has 2 rings (SSSR count). The van der Waals surface area contributed by atoms with Crippen LogP contribution in [0, 0.1) is 22.6 Å². The van der Waals surface area contributed by atoms with E-state index in [9.17, 15) is 14.4 Å². The van der Waals surface area contributed by atoms with Crippen molar-refractivity contribution in [3.05, 3.63) is 34.6 Å². The Labute approximate surface area is 147 Å². The molecule has 1 aliphatic rings. The van der Waals surface area contributed by atoms with Crippen LogP contribution < -0.4 is 0 Å². The van der Waals surface area contributed by atoms with Gasteiger partial charge in [-0.15, -0.1) is 0 Å². The summed E-state index contributed by atoms with van der Waals surface area (Å²) in [6, 6.07) is 6.85. The van der Waals surface area contributed by atoms with Crippen LogP contribution in [0.3, 0.4) is 0 Å². The molecule has 0 aromatic heterocycles. The van der Waals surface area contributed by atoms with Gasteiger partial charge in [0.2, 0.25) is 0 Å². The summed E-state index contributed by atoms with van der Waals surface area (Å²) in [6.45, 7) is 6.31. The van der Waals surface area contributed by atoms with Crippen molar-refractivity contribution in [1.29, 1.82) is 5.26 Å². The van der Waals surface area contributed by atoms with Crippen LogP contribution in [0.15, 0.2) is 18.2 Å². The summed E-state index contributed by atoms with van der Waals surface area (Å²) >= 11 is 5.77. The molecule has 0 atom stereocenters. The van der Waals surface area contributed by atoms with Gasteiger partial charge >= 0.3 is 6.09 Å². The first-order valence-corrected chi connectivity index (χ1v) is 8.35. The van der Waals surface area contributed by atoms with E-state index in [1.54, 1.807) is 17.0 Å². The molecule has 0 bridgehead atoms. The average molecular weight is 353 g/mol. The fourth-order valence-electron chi connectivity index (χ4n) is 2.80. The van der Waals surface area contributed by atoms with E-state index in [4.69, 9.17) is 16.3 Å². The lowest BCUT2D eigenvalue weighted by Crippen LogP contribution is -2.45. The maximum absolute atomic E-state index is 14.0. The maximum atomic E-state index is 14.0. The van der Waals surface area contributed by atoms with Crippen molar-refractivity contribution in [2.45, 2.75) is 45.6 Å². The van der Waals surface area contributed by atoms with Gasteiger partial charge in [-0.05, 0) is 57.7 Å². The lowest BCUT2D eigenvalue weighted by atomic mass is 9.75. The molecule has 0 spiro atoms. The molecule has 0 saturated carbocycles. The first kappa shape index (κ1) is 18.5. The molecule has 1 aromatic carbocycles. The van der Waals surface area contributed by atoms with Gasteiger partial charge in [-0.3, -0.25) is 0 Å². The molecule has 1 aliphatic heterocycles. The number of nitrogens with zero attached hydrogens (tertiary/aromatic N) is 2. The molecule has 24 heavy (non-hydrogen) atoms. The zero-order valence-corrected chi connectivity index (χ0v) is 15.0. The second-order valence-corrected chi connectivity index (χ2v) is 7.71. The second-order valence-electron chi connectivity index (χ2n) is 7.27. The number of piperidine rings is 1. The van der Waals surface area contributed by atoms with Gasteiger partial charge < -0.3 is 9.64 Å². The number of likely N-dealkylation sites (tertiary alicyclic amines) is 1. The average Bonchev–Trinajstić information content (AvgIpc) is 2.49. The largest absolute Gasteiger partial charge is 0.444 e. The van der Waals surface area contributed by atoms with E-state index >= 15 is 0 Å². The standard InChI is InChI=1S/C18H22ClFN2O2/c1-17(2,3)24-16(23)22-8-6-18(12-21,7-9-22)11-13-4-5-14(19)10-15(13)20/h4-5,10H,6-9,11H2,1-3H3. The van der Waals surface area contributed by atoms with E-state index in [0.717, 1.165) is 0 Å². The van der Waals surface area contributed by atoms with Gasteiger partial charge in [0, 0.05) is 18.1 Å². The van der Waals surface area contributed by atoms with Crippen LogP contribution >= 0.6 is 11.6 Å². The van der Waals surface area contributed by atoms with Crippen molar-refractivity contribution in [2.24, 2.45) is 5.41 Å². The monoisotopic (exact) mass is 352 g/mol. The van der Waals surface area contributed by atoms with Crippen LogP contribution in [0.2, 0.25) is 5.02 Å². The van der Waals surface area contributed by atoms with Crippen molar-refractivity contribution in [1.82, 2.24) is 4.90 Å². The minimum Gasteiger partial charge on any atom is -0.444 e. The molecule has 1 amide bonds. The summed E-state index contributed by atoms with van der Waals surface area (Å²) in [5.74, 6) is -0.397. The number of halogens is 2. The number of hydrogen-bond acceptors (Lipinski definition) is 3. The number of amides is 1. The fourth-order valence-corrected chi connectivity index (χ4v) is 2.96. The summed E-state index contributed by atoms with van der Waals surface area (Å²) in [6.07, 6.45) is 0.927. The second kappa shape index (κ2) is 6.98. The highest BCUT2D eigenvalue weighted by Crippen LogP contribution is 2.36. The lowest BCUT2D eigenvalue weighted by Gasteiger charge is -2.38. The molecule has 1 saturated heterocycles. The Bertz CT molecular complexity index is 656. The molecule has 0 unspecified atom stereocenters. The highest BCUT2D eigenvalue weighted by atomic mass is 35.5. The predicted octanol–water partition coefficient (Wildman–Crippen LogP) is 4.56. The van der Waals surface area contributed by atoms with E-state index in [1.807, 2.05) is 20.8 Å². The van der Waals surface area contributed by atoms with Crippen molar-refractivity contribution >= 4 is 17.7 Å². The smallest absolute Gasteiger partial charge is 0.410 e. The topological polar surface area (TPSA) is 53.3 Å². The highest BCUT2D eigenvalue weighted by molar-refractivity contribution is 6.30. The van der Waals surface area contributed by atoms with E-state index in [-0.39, 0.29) is 6.09 Å². The van der Waals surface area contributed by atoms with Gasteiger partial charge in [0.1, 0.15) is 11.4 Å². The molecule has 0 aliphatic carbocycles. The van der Waals surface area contributed by atoms with E-state index in [0.29, 0.717) is 42.9 Å². The first-order chi connectivity index (χ1) is 11.1. The van der Waals surface area contributed by atoms with Gasteiger partial charge in [0.05, 0.1) is 11.5 Å². The van der Waals surface area contributed by atoms with Crippen LogP contribution in [0.4, 0.5) is 9.18 Å². The van der Waals surface area contributed by atoms with Crippen molar-refractivity contribution < 1.29 is 13.9 Å². The number of rotatable bonds is 2. The third-order valence-corrected chi connectivity index (χ3v) is 4.39. The van der Waals surface area contributed by atoms with Crippen LogP contribution in [0.25, 0.3) is 0 Å². The first-order valence-electron chi connectivity index (χ1n) is 7.97. The zero-order valence-electron chi connectivity index (χ0n) is 14.2. The van der Waals surface area contributed by atoms with Gasteiger partial charge in [0.15, 0.2) is 0 Å². The van der Waals surface area contributed by atoms with Gasteiger partial charge in [-0.2, -0.15) is 5.26 Å². The Kier molecular flexibility index (Phi) is 5.39. The minimum absolute atomic E-state index is 0.314. The number of ether oxygens (including phenoxy) is 1. The van der Waals surface area contributed by atoms with Crippen LogP contribution in [-0.2, 0) is 11.2 Å². The third kappa shape index (κ3) is 4.61. The Morgan fingerprint density at radius 3 is 2.54 bits per heavy atom. The third-order valence-electron chi connectivity index (χ3n) is 4.15. The molecular weight excluding hydrogens is 331 g/mol. The van der Waals surface area contributed by atoms with Crippen LogP contribution in [-0.4, -0.2) is 29.7 Å². The molecule has 0 N–H and O–H groups in total. The summed E-state index contributed by atoms with van der Waals surface area (Å²) in [5, 5.41) is 9.96. The van der Waals surface area contributed by atoms with Gasteiger partial charge in [0.25, 0.3) is 0 Å². The summed E-state index contributed by atoms with van der Waals surface area (Å²) < 4.78 is 19.4. The van der Waals surface area contributed by atoms with Crippen molar-refractivity contribution in [2.75, 3.05) is 13.1 Å². The molecule has 6 heteroatoms. The number of carbonyl (C=O) groups excluding carboxylic acids is 1. The Morgan fingerprint density at radius 2 is 2.04 bits per heavy atom. The molecule has 1 heterocycles. The normalized spacial score (nSPS) is 17.2. The maximum Gasteiger partial charge on any atom is 0.410 e. The van der Waals surface area contributed by atoms with Gasteiger partial charge in [-0.25, -0.2) is 9.18 Å². The summed E-state index contributed by atoms with van der Waals surface area (Å²) in [7, 11) is 0. The van der Waals surface area contributed by atoms with Gasteiger partial charge in [-0.1, -0.05) is 17.7 Å². The van der Waals surface area contributed by atoms with Crippen molar-refractivity contribution in [3.8, 4) is 6.07 Å². The van der Waals surface area contributed by atoms with E-state index in [1.165, 1.54) is 6.07 Å². The molecule has 130 valence electrons. The SMILES string of the molecule is CC(C)(C)OC(=O)N1CCC(C#N)(Cc2ccc(Cl)cc2F)CC1. The lowest BCUT2D eigenvalue weighted by molar-refractivity contribution is 0.0148. The fraction of sp³-hybridized carbons (Fsp3) is 0.556. The molecular formula is C18H22ClFN2O2. The number of nitriles is 1. The van der Waals surface area contributed by atoms with Crippen molar-refractivity contribution in [3.63, 3.8) is 0 Å². The Balaban J connectivity index is 2.04. The Hall–Kier alpha value is -1.80. The zero-order chi connectivity index (χ0) is 18.0. The summed E-state index contributed by atoms with van der Waals surface area (Å²) in [5.41, 5.74) is -0.743. The predicted molar refractivity (Wildman–Crippen MR) is 90.2 cm³/mol. The number of hydrogen-bond donors (Lipinski definition) is 0. The molecule has 4 nitrogen and oxygen atoms in total. The quantitative estimate of drug-likeness (QED) is 0.783. The number of benzene rings is 1. The highest BCUT2D eigenvalue weighted by Gasteiger charge is 2.38. The van der Waals surface area contributed by atoms with E-state index in [2.05, 4.69) is 6.07 Å². The molecule has 0 radical (unpaired) electrons. The minimum atomic E-state index is -0.673. The summed E-state index contributed by atoms with van der Waals surface area (Å²) in [4.78, 5) is 13.7. The Morgan fingerprint density at radius 1 is 1.42 bits per heavy atom. The van der Waals surface area contributed by atoms with E-state index < -0.39 is 16.8 Å². The molecule has 1 aromatic rings. The number of carbonyl (C=O) groups is 1. The van der Waals surface area contributed by atoms with Crippen LogP contribution in [0.1, 0.15) is 39.2 Å².